The number of para-hydroxylation sites is 1. The summed E-state index contributed by atoms with van der Waals surface area (Å²) in [7, 11) is -3.53. The molecule has 0 radical (unpaired) electrons. The van der Waals surface area contributed by atoms with Gasteiger partial charge in [-0.3, -0.25) is 4.79 Å². The molecule has 1 aliphatic rings. The number of rotatable bonds is 7. The Labute approximate surface area is 192 Å². The Morgan fingerprint density at radius 1 is 1.03 bits per heavy atom. The predicted octanol–water partition coefficient (Wildman–Crippen LogP) is 3.28. The number of amides is 1. The van der Waals surface area contributed by atoms with Crippen molar-refractivity contribution in [3.8, 4) is 16.3 Å². The van der Waals surface area contributed by atoms with Crippen molar-refractivity contribution in [1.29, 1.82) is 0 Å². The first-order valence-electron chi connectivity index (χ1n) is 10.5. The molecule has 2 heterocycles. The van der Waals surface area contributed by atoms with Gasteiger partial charge < -0.3 is 9.64 Å². The Kier molecular flexibility index (Phi) is 6.88. The maximum atomic E-state index is 12.8. The van der Waals surface area contributed by atoms with E-state index in [-0.39, 0.29) is 30.3 Å². The van der Waals surface area contributed by atoms with Crippen LogP contribution in [0.1, 0.15) is 12.6 Å². The lowest BCUT2D eigenvalue weighted by Crippen LogP contribution is -2.50. The van der Waals surface area contributed by atoms with Gasteiger partial charge in [0.15, 0.2) is 0 Å². The maximum absolute atomic E-state index is 12.8. The number of carbonyl (C=O) groups excluding carboxylic acids is 1. The largest absolute Gasteiger partial charge is 0.493 e. The third-order valence-corrected chi connectivity index (χ3v) is 8.11. The van der Waals surface area contributed by atoms with Crippen molar-refractivity contribution in [3.05, 3.63) is 65.7 Å². The lowest BCUT2D eigenvalue weighted by molar-refractivity contribution is -0.131. The molecule has 7 nitrogen and oxygen atoms in total. The van der Waals surface area contributed by atoms with Gasteiger partial charge in [0.05, 0.1) is 29.2 Å². The van der Waals surface area contributed by atoms with E-state index in [1.54, 1.807) is 35.2 Å². The van der Waals surface area contributed by atoms with Gasteiger partial charge in [0.25, 0.3) is 0 Å². The fourth-order valence-electron chi connectivity index (χ4n) is 3.62. The summed E-state index contributed by atoms with van der Waals surface area (Å²) in [5, 5.41) is 2.71. The second-order valence-corrected chi connectivity index (χ2v) is 10.1. The van der Waals surface area contributed by atoms with Crippen molar-refractivity contribution < 1.29 is 17.9 Å². The van der Waals surface area contributed by atoms with Gasteiger partial charge in [0, 0.05) is 31.6 Å². The van der Waals surface area contributed by atoms with Gasteiger partial charge in [0.2, 0.25) is 15.9 Å². The molecule has 1 amide bonds. The van der Waals surface area contributed by atoms with E-state index in [1.165, 1.54) is 15.6 Å². The first kappa shape index (κ1) is 22.4. The third-order valence-electron chi connectivity index (χ3n) is 5.27. The summed E-state index contributed by atoms with van der Waals surface area (Å²) < 4.78 is 32.7. The molecular weight excluding hydrogens is 446 g/mol. The molecule has 0 saturated carbocycles. The second-order valence-electron chi connectivity index (χ2n) is 7.35. The zero-order chi connectivity index (χ0) is 22.6. The fraction of sp³-hybridized carbons (Fsp3) is 0.304. The second kappa shape index (κ2) is 9.81. The summed E-state index contributed by atoms with van der Waals surface area (Å²) in [4.78, 5) is 19.4. The van der Waals surface area contributed by atoms with Crippen LogP contribution in [-0.4, -0.2) is 61.3 Å². The van der Waals surface area contributed by atoms with E-state index in [0.717, 1.165) is 16.3 Å². The third kappa shape index (κ3) is 4.85. The van der Waals surface area contributed by atoms with Crippen LogP contribution in [0.15, 0.2) is 64.9 Å². The number of thiazole rings is 1. The molecule has 2 aromatic carbocycles. The van der Waals surface area contributed by atoms with E-state index >= 15 is 0 Å². The molecule has 168 valence electrons. The highest BCUT2D eigenvalue weighted by Gasteiger charge is 2.30. The molecule has 1 aromatic heterocycles. The van der Waals surface area contributed by atoms with Crippen molar-refractivity contribution in [2.24, 2.45) is 0 Å². The zero-order valence-corrected chi connectivity index (χ0v) is 19.4. The van der Waals surface area contributed by atoms with E-state index in [1.807, 2.05) is 36.6 Å². The number of carbonyl (C=O) groups is 1. The van der Waals surface area contributed by atoms with Crippen molar-refractivity contribution >= 4 is 27.3 Å². The van der Waals surface area contributed by atoms with E-state index < -0.39 is 10.0 Å². The number of sulfonamides is 1. The minimum absolute atomic E-state index is 0.0447. The predicted molar refractivity (Wildman–Crippen MR) is 124 cm³/mol. The Bertz CT molecular complexity index is 1170. The molecular formula is C23H25N3O4S2. The van der Waals surface area contributed by atoms with Crippen molar-refractivity contribution in [2.75, 3.05) is 32.8 Å². The molecule has 3 aromatic rings. The molecule has 0 atom stereocenters. The Hall–Kier alpha value is -2.75. The summed E-state index contributed by atoms with van der Waals surface area (Å²) in [6.07, 6.45) is 0.193. The minimum Gasteiger partial charge on any atom is -0.493 e. The molecule has 0 aliphatic carbocycles. The molecule has 0 spiro atoms. The van der Waals surface area contributed by atoms with Crippen LogP contribution in [0.5, 0.6) is 5.75 Å². The number of nitrogens with zero attached hydrogens (tertiary/aromatic N) is 3. The van der Waals surface area contributed by atoms with Gasteiger partial charge in [-0.15, -0.1) is 11.3 Å². The summed E-state index contributed by atoms with van der Waals surface area (Å²) in [6, 6.07) is 16.1. The summed E-state index contributed by atoms with van der Waals surface area (Å²) >= 11 is 1.48. The normalized spacial score (nSPS) is 15.0. The van der Waals surface area contributed by atoms with Crippen molar-refractivity contribution in [1.82, 2.24) is 14.2 Å². The van der Waals surface area contributed by atoms with Crippen LogP contribution in [0.4, 0.5) is 0 Å². The lowest BCUT2D eigenvalue weighted by atomic mass is 10.2. The summed E-state index contributed by atoms with van der Waals surface area (Å²) in [5.74, 6) is 0.731. The lowest BCUT2D eigenvalue weighted by Gasteiger charge is -2.34. The van der Waals surface area contributed by atoms with Crippen LogP contribution in [0, 0.1) is 0 Å². The molecule has 0 bridgehead atoms. The molecule has 1 fully saturated rings. The highest BCUT2D eigenvalue weighted by Crippen LogP contribution is 2.32. The summed E-state index contributed by atoms with van der Waals surface area (Å²) in [6.45, 7) is 3.82. The van der Waals surface area contributed by atoms with Crippen molar-refractivity contribution in [3.63, 3.8) is 0 Å². The molecule has 1 saturated heterocycles. The van der Waals surface area contributed by atoms with Crippen LogP contribution in [-0.2, 0) is 21.2 Å². The summed E-state index contributed by atoms with van der Waals surface area (Å²) in [5.41, 5.74) is 1.62. The number of piperazine rings is 1. The molecule has 0 unspecified atom stereocenters. The quantitative estimate of drug-likeness (QED) is 0.528. The zero-order valence-electron chi connectivity index (χ0n) is 17.8. The fourth-order valence-corrected chi connectivity index (χ4v) is 5.92. The Balaban J connectivity index is 1.37. The van der Waals surface area contributed by atoms with E-state index in [0.29, 0.717) is 25.4 Å². The van der Waals surface area contributed by atoms with Crippen LogP contribution in [0.3, 0.4) is 0 Å². The highest BCUT2D eigenvalue weighted by atomic mass is 32.2. The molecule has 0 N–H and O–H groups in total. The maximum Gasteiger partial charge on any atom is 0.243 e. The number of aromatic nitrogens is 1. The topological polar surface area (TPSA) is 79.8 Å². The van der Waals surface area contributed by atoms with Crippen LogP contribution in [0.2, 0.25) is 0 Å². The highest BCUT2D eigenvalue weighted by molar-refractivity contribution is 7.89. The van der Waals surface area contributed by atoms with E-state index in [4.69, 9.17) is 4.74 Å². The van der Waals surface area contributed by atoms with Gasteiger partial charge in [0.1, 0.15) is 10.8 Å². The van der Waals surface area contributed by atoms with Gasteiger partial charge in [-0.05, 0) is 31.2 Å². The number of ether oxygens (including phenoxy) is 1. The average molecular weight is 472 g/mol. The van der Waals surface area contributed by atoms with Gasteiger partial charge in [-0.25, -0.2) is 13.4 Å². The Morgan fingerprint density at radius 3 is 2.44 bits per heavy atom. The van der Waals surface area contributed by atoms with Crippen LogP contribution in [0.25, 0.3) is 10.6 Å². The monoisotopic (exact) mass is 471 g/mol. The van der Waals surface area contributed by atoms with Crippen molar-refractivity contribution in [2.45, 2.75) is 18.2 Å². The van der Waals surface area contributed by atoms with Gasteiger partial charge in [-0.1, -0.05) is 30.3 Å². The number of hydrogen-bond donors (Lipinski definition) is 0. The van der Waals surface area contributed by atoms with E-state index in [9.17, 15) is 13.2 Å². The standard InChI is InChI=1S/C23H25N3O4S2/c1-2-30-21-11-7-6-10-20(21)23-24-18(17-31-23)16-22(27)25-12-14-26(15-13-25)32(28,29)19-8-4-3-5-9-19/h3-11,17H,2,12-16H2,1H3. The molecule has 4 rings (SSSR count). The van der Waals surface area contributed by atoms with Gasteiger partial charge >= 0.3 is 0 Å². The van der Waals surface area contributed by atoms with Crippen LogP contribution < -0.4 is 4.74 Å². The number of benzene rings is 2. The average Bonchev–Trinajstić information content (AvgIpc) is 3.28. The number of hydrogen-bond acceptors (Lipinski definition) is 6. The molecule has 1 aliphatic heterocycles. The SMILES string of the molecule is CCOc1ccccc1-c1nc(CC(=O)N2CCN(S(=O)(=O)c3ccccc3)CC2)cs1. The smallest absolute Gasteiger partial charge is 0.243 e. The van der Waals surface area contributed by atoms with Gasteiger partial charge in [-0.2, -0.15) is 4.31 Å². The minimum atomic E-state index is -3.53. The van der Waals surface area contributed by atoms with Crippen LogP contribution >= 0.6 is 11.3 Å². The molecule has 32 heavy (non-hydrogen) atoms. The first-order valence-corrected chi connectivity index (χ1v) is 12.8. The molecule has 9 heteroatoms. The Morgan fingerprint density at radius 2 is 1.72 bits per heavy atom. The van der Waals surface area contributed by atoms with E-state index in [2.05, 4.69) is 4.98 Å². The first-order chi connectivity index (χ1) is 15.5.